The van der Waals surface area contributed by atoms with Gasteiger partial charge in [0, 0.05) is 6.42 Å². The van der Waals surface area contributed by atoms with E-state index < -0.39 is 12.1 Å². The van der Waals surface area contributed by atoms with E-state index in [1.54, 1.807) is 37.4 Å². The summed E-state index contributed by atoms with van der Waals surface area (Å²) >= 11 is 0. The number of rotatable bonds is 8. The molecule has 0 amide bonds. The van der Waals surface area contributed by atoms with E-state index in [1.165, 1.54) is 0 Å². The van der Waals surface area contributed by atoms with Crippen LogP contribution in [-0.4, -0.2) is 33.0 Å². The Labute approximate surface area is 197 Å². The number of hydrogen-bond donors (Lipinski definition) is 1. The van der Waals surface area contributed by atoms with Gasteiger partial charge in [0.05, 0.1) is 24.1 Å². The molecule has 0 aliphatic carbocycles. The molecule has 1 atom stereocenters. The quantitative estimate of drug-likeness (QED) is 0.353. The lowest BCUT2D eigenvalue weighted by Crippen LogP contribution is -2.15. The third kappa shape index (κ3) is 4.50. The van der Waals surface area contributed by atoms with Gasteiger partial charge >= 0.3 is 11.9 Å². The van der Waals surface area contributed by atoms with Crippen LogP contribution in [0.5, 0.6) is 5.88 Å². The number of benzene rings is 2. The maximum atomic E-state index is 12.4. The number of carbonyl (C=O) groups excluding carboxylic acids is 1. The molecule has 4 aromatic rings. The normalized spacial score (nSPS) is 11.9. The zero-order chi connectivity index (χ0) is 24.2. The molecule has 174 valence electrons. The first kappa shape index (κ1) is 23.0. The Bertz CT molecular complexity index is 1340. The average molecular weight is 459 g/mol. The molecule has 1 unspecified atom stereocenters. The number of imidazole rings is 1. The Balaban J connectivity index is 1.80. The number of aromatic carboxylic acids is 1. The molecular formula is C27H26N2O5. The molecule has 7 heteroatoms. The van der Waals surface area contributed by atoms with E-state index in [-0.39, 0.29) is 18.0 Å². The van der Waals surface area contributed by atoms with Gasteiger partial charge in [-0.3, -0.25) is 9.20 Å². The van der Waals surface area contributed by atoms with Gasteiger partial charge in [-0.1, -0.05) is 55.5 Å². The zero-order valence-electron chi connectivity index (χ0n) is 19.3. The summed E-state index contributed by atoms with van der Waals surface area (Å²) in [6, 6.07) is 18.1. The summed E-state index contributed by atoms with van der Waals surface area (Å²) in [5.41, 5.74) is 4.80. The molecule has 1 N–H and O–H groups in total. The molecular weight excluding hydrogens is 432 g/mol. The molecule has 2 aromatic carbocycles. The molecule has 34 heavy (non-hydrogen) atoms. The van der Waals surface area contributed by atoms with Crippen molar-refractivity contribution in [1.29, 1.82) is 0 Å². The molecule has 7 nitrogen and oxygen atoms in total. The first-order valence-corrected chi connectivity index (χ1v) is 11.2. The van der Waals surface area contributed by atoms with Crippen molar-refractivity contribution in [2.75, 3.05) is 6.61 Å². The van der Waals surface area contributed by atoms with Crippen LogP contribution < -0.4 is 4.74 Å². The second kappa shape index (κ2) is 9.79. The van der Waals surface area contributed by atoms with Crippen molar-refractivity contribution < 1.29 is 24.2 Å². The van der Waals surface area contributed by atoms with E-state index >= 15 is 0 Å². The molecule has 0 bridgehead atoms. The number of carbonyl (C=O) groups is 2. The summed E-state index contributed by atoms with van der Waals surface area (Å²) < 4.78 is 13.4. The fourth-order valence-electron chi connectivity index (χ4n) is 3.90. The van der Waals surface area contributed by atoms with Crippen molar-refractivity contribution in [3.8, 4) is 17.0 Å². The molecule has 2 aromatic heterocycles. The first-order valence-electron chi connectivity index (χ1n) is 11.2. The highest BCUT2D eigenvalue weighted by Gasteiger charge is 2.23. The fourth-order valence-corrected chi connectivity index (χ4v) is 3.90. The predicted octanol–water partition coefficient (Wildman–Crippen LogP) is 5.45. The molecule has 0 radical (unpaired) electrons. The lowest BCUT2D eigenvalue weighted by atomic mass is 9.97. The molecule has 0 fully saturated rings. The minimum absolute atomic E-state index is 0.228. The largest absolute Gasteiger partial charge is 0.478 e. The van der Waals surface area contributed by atoms with Crippen molar-refractivity contribution in [3.63, 3.8) is 0 Å². The smallest absolute Gasteiger partial charge is 0.336 e. The molecule has 2 heterocycles. The van der Waals surface area contributed by atoms with Crippen LogP contribution in [0, 0.1) is 6.92 Å². The highest BCUT2D eigenvalue weighted by molar-refractivity contribution is 5.96. The number of hydrogen-bond acceptors (Lipinski definition) is 5. The van der Waals surface area contributed by atoms with Gasteiger partial charge in [0.25, 0.3) is 0 Å². The fraction of sp³-hybridized carbons (Fsp3) is 0.222. The number of carboxylic acids is 1. The molecule has 0 aliphatic rings. The number of fused-ring (bicyclic) bond motifs is 1. The summed E-state index contributed by atoms with van der Waals surface area (Å²) in [6.07, 6.45) is 1.36. The van der Waals surface area contributed by atoms with Gasteiger partial charge in [-0.2, -0.15) is 4.98 Å². The van der Waals surface area contributed by atoms with E-state index in [0.717, 1.165) is 28.0 Å². The molecule has 0 aliphatic heterocycles. The van der Waals surface area contributed by atoms with E-state index in [2.05, 4.69) is 4.98 Å². The van der Waals surface area contributed by atoms with Crippen molar-refractivity contribution >= 4 is 17.6 Å². The van der Waals surface area contributed by atoms with Crippen molar-refractivity contribution in [2.24, 2.45) is 0 Å². The van der Waals surface area contributed by atoms with Gasteiger partial charge in [-0.05, 0) is 48.2 Å². The molecule has 4 rings (SSSR count). The number of pyridine rings is 1. The number of aromatic nitrogens is 2. The van der Waals surface area contributed by atoms with Crippen LogP contribution in [0.1, 0.15) is 53.6 Å². The summed E-state index contributed by atoms with van der Waals surface area (Å²) in [7, 11) is 0. The Morgan fingerprint density at radius 3 is 2.44 bits per heavy atom. The lowest BCUT2D eigenvalue weighted by Gasteiger charge is -2.21. The van der Waals surface area contributed by atoms with E-state index in [0.29, 0.717) is 18.1 Å². The van der Waals surface area contributed by atoms with Crippen LogP contribution in [0.4, 0.5) is 0 Å². The third-order valence-electron chi connectivity index (χ3n) is 5.60. The van der Waals surface area contributed by atoms with Crippen LogP contribution in [0.15, 0.2) is 66.9 Å². The predicted molar refractivity (Wildman–Crippen MR) is 128 cm³/mol. The van der Waals surface area contributed by atoms with Gasteiger partial charge in [-0.15, -0.1) is 0 Å². The van der Waals surface area contributed by atoms with E-state index in [4.69, 9.17) is 9.47 Å². The van der Waals surface area contributed by atoms with Crippen LogP contribution >= 0.6 is 0 Å². The van der Waals surface area contributed by atoms with Crippen molar-refractivity contribution in [1.82, 2.24) is 9.38 Å². The standard InChI is InChI=1S/C27H26N2O5/c1-4-24(30)34-25(22-15-10-17(3)26-28-23(33-5-2)16-29(22)26)19-13-11-18(12-14-19)20-8-6-7-9-21(20)27(31)32/h6-16,25H,4-5H2,1-3H3,(H,31,32). The van der Waals surface area contributed by atoms with Crippen LogP contribution in [0.3, 0.4) is 0 Å². The monoisotopic (exact) mass is 458 g/mol. The Morgan fingerprint density at radius 1 is 1.03 bits per heavy atom. The topological polar surface area (TPSA) is 90.1 Å². The summed E-state index contributed by atoms with van der Waals surface area (Å²) in [5, 5.41) is 9.53. The Hall–Kier alpha value is -4.13. The average Bonchev–Trinajstić information content (AvgIpc) is 3.28. The zero-order valence-corrected chi connectivity index (χ0v) is 19.3. The first-order chi connectivity index (χ1) is 16.4. The lowest BCUT2D eigenvalue weighted by molar-refractivity contribution is -0.147. The Kier molecular flexibility index (Phi) is 6.63. The molecule has 0 saturated carbocycles. The van der Waals surface area contributed by atoms with Crippen LogP contribution in [-0.2, 0) is 9.53 Å². The maximum absolute atomic E-state index is 12.4. The highest BCUT2D eigenvalue weighted by atomic mass is 16.5. The minimum Gasteiger partial charge on any atom is -0.478 e. The van der Waals surface area contributed by atoms with Crippen molar-refractivity contribution in [2.45, 2.75) is 33.3 Å². The van der Waals surface area contributed by atoms with Gasteiger partial charge < -0.3 is 14.6 Å². The number of nitrogens with zero attached hydrogens (tertiary/aromatic N) is 2. The van der Waals surface area contributed by atoms with Crippen LogP contribution in [0.2, 0.25) is 0 Å². The Morgan fingerprint density at radius 2 is 1.76 bits per heavy atom. The number of carboxylic acid groups (broad SMARTS) is 1. The molecule has 0 saturated heterocycles. The van der Waals surface area contributed by atoms with Gasteiger partial charge in [0.2, 0.25) is 5.88 Å². The third-order valence-corrected chi connectivity index (χ3v) is 5.60. The van der Waals surface area contributed by atoms with Gasteiger partial charge in [0.15, 0.2) is 6.10 Å². The van der Waals surface area contributed by atoms with Gasteiger partial charge in [0.1, 0.15) is 5.65 Å². The summed E-state index contributed by atoms with van der Waals surface area (Å²) in [6.45, 7) is 6.10. The second-order valence-corrected chi connectivity index (χ2v) is 7.84. The number of esters is 1. The SMILES string of the molecule is CCOc1cn2c(C(OC(=O)CC)c3ccc(-c4ccccc4C(=O)O)cc3)ccc(C)c2n1. The van der Waals surface area contributed by atoms with E-state index in [1.807, 2.05) is 54.6 Å². The number of aryl methyl sites for hydroxylation is 1. The molecule has 0 spiro atoms. The van der Waals surface area contributed by atoms with Crippen LogP contribution in [0.25, 0.3) is 16.8 Å². The minimum atomic E-state index is -0.985. The highest BCUT2D eigenvalue weighted by Crippen LogP contribution is 2.32. The van der Waals surface area contributed by atoms with Gasteiger partial charge in [-0.25, -0.2) is 4.79 Å². The van der Waals surface area contributed by atoms with Crippen molar-refractivity contribution in [3.05, 3.63) is 89.2 Å². The summed E-state index contributed by atoms with van der Waals surface area (Å²) in [4.78, 5) is 28.5. The van der Waals surface area contributed by atoms with E-state index in [9.17, 15) is 14.7 Å². The maximum Gasteiger partial charge on any atom is 0.336 e. The number of ether oxygens (including phenoxy) is 2. The second-order valence-electron chi connectivity index (χ2n) is 7.84. The summed E-state index contributed by atoms with van der Waals surface area (Å²) in [5.74, 6) is -0.815.